The quantitative estimate of drug-likeness (QED) is 0.775. The number of carbonyl (C=O) groups is 2. The van der Waals surface area contributed by atoms with E-state index in [0.29, 0.717) is 26.1 Å². The normalized spacial score (nSPS) is 17.9. The molecule has 0 aromatic carbocycles. The van der Waals surface area contributed by atoms with E-state index in [-0.39, 0.29) is 19.0 Å². The van der Waals surface area contributed by atoms with E-state index in [4.69, 9.17) is 4.74 Å². The zero-order valence-electron chi connectivity index (χ0n) is 10.5. The molecule has 2 heterocycles. The van der Waals surface area contributed by atoms with Crippen molar-refractivity contribution in [1.29, 1.82) is 0 Å². The van der Waals surface area contributed by atoms with Crippen LogP contribution in [0.3, 0.4) is 0 Å². The number of carboxylic acid groups (broad SMARTS) is 1. The van der Waals surface area contributed by atoms with E-state index in [9.17, 15) is 14.7 Å². The Morgan fingerprint density at radius 1 is 1.42 bits per heavy atom. The maximum absolute atomic E-state index is 11.7. The minimum Gasteiger partial charge on any atom is -0.481 e. The molecule has 0 radical (unpaired) electrons. The number of nitrogens with one attached hydrogen (secondary N) is 1. The van der Waals surface area contributed by atoms with Crippen molar-refractivity contribution in [2.45, 2.75) is 19.4 Å². The molecule has 1 amide bonds. The highest BCUT2D eigenvalue weighted by Crippen LogP contribution is 2.29. The van der Waals surface area contributed by atoms with Crippen LogP contribution in [0.5, 0.6) is 0 Å². The summed E-state index contributed by atoms with van der Waals surface area (Å²) >= 11 is 0. The number of amides is 1. The van der Waals surface area contributed by atoms with Crippen LogP contribution in [0.1, 0.15) is 12.8 Å². The Morgan fingerprint density at radius 2 is 2.16 bits per heavy atom. The summed E-state index contributed by atoms with van der Waals surface area (Å²) in [6.07, 6.45) is 4.11. The van der Waals surface area contributed by atoms with Crippen LogP contribution in [0.2, 0.25) is 0 Å². The fraction of sp³-hybridized carbons (Fsp3) is 0.583. The zero-order valence-corrected chi connectivity index (χ0v) is 10.5. The molecular weight excluding hydrogens is 250 g/mol. The molecule has 7 heteroatoms. The van der Waals surface area contributed by atoms with Gasteiger partial charge in [0.25, 0.3) is 0 Å². The van der Waals surface area contributed by atoms with Crippen LogP contribution in [0, 0.1) is 5.41 Å². The van der Waals surface area contributed by atoms with Gasteiger partial charge in [0.05, 0.1) is 5.41 Å². The zero-order chi connectivity index (χ0) is 13.7. The van der Waals surface area contributed by atoms with Gasteiger partial charge in [-0.2, -0.15) is 5.10 Å². The lowest BCUT2D eigenvalue weighted by Crippen LogP contribution is -2.47. The molecule has 2 rings (SSSR count). The molecule has 1 fully saturated rings. The van der Waals surface area contributed by atoms with E-state index >= 15 is 0 Å². The van der Waals surface area contributed by atoms with E-state index in [1.807, 2.05) is 0 Å². The average Bonchev–Trinajstić information content (AvgIpc) is 2.90. The van der Waals surface area contributed by atoms with Gasteiger partial charge in [-0.25, -0.2) is 0 Å². The maximum atomic E-state index is 11.7. The van der Waals surface area contributed by atoms with Crippen molar-refractivity contribution < 1.29 is 19.4 Å². The molecule has 1 aliphatic heterocycles. The third-order valence-electron chi connectivity index (χ3n) is 3.39. The van der Waals surface area contributed by atoms with Crippen LogP contribution in [0.15, 0.2) is 18.5 Å². The van der Waals surface area contributed by atoms with Crippen LogP contribution in [-0.4, -0.2) is 46.5 Å². The lowest BCUT2D eigenvalue weighted by molar-refractivity contribution is -0.154. The first kappa shape index (κ1) is 13.5. The summed E-state index contributed by atoms with van der Waals surface area (Å²) in [5.41, 5.74) is -0.905. The second-order valence-corrected chi connectivity index (χ2v) is 4.68. The minimum atomic E-state index is -0.905. The Balaban J connectivity index is 1.88. The van der Waals surface area contributed by atoms with Crippen LogP contribution >= 0.6 is 0 Å². The Kier molecular flexibility index (Phi) is 4.16. The second kappa shape index (κ2) is 5.83. The third kappa shape index (κ3) is 3.31. The highest BCUT2D eigenvalue weighted by atomic mass is 16.5. The van der Waals surface area contributed by atoms with E-state index in [2.05, 4.69) is 10.4 Å². The van der Waals surface area contributed by atoms with Crippen molar-refractivity contribution in [1.82, 2.24) is 15.1 Å². The van der Waals surface area contributed by atoms with Crippen molar-refractivity contribution in [2.24, 2.45) is 5.41 Å². The van der Waals surface area contributed by atoms with Gasteiger partial charge in [-0.3, -0.25) is 14.3 Å². The number of nitrogens with zero attached hydrogens (tertiary/aromatic N) is 2. The topological polar surface area (TPSA) is 93.5 Å². The second-order valence-electron chi connectivity index (χ2n) is 4.68. The van der Waals surface area contributed by atoms with E-state index in [1.54, 1.807) is 18.5 Å². The van der Waals surface area contributed by atoms with Gasteiger partial charge in [0.1, 0.15) is 6.54 Å². The summed E-state index contributed by atoms with van der Waals surface area (Å²) in [5, 5.41) is 15.9. The maximum Gasteiger partial charge on any atom is 0.311 e. The molecule has 1 aromatic rings. The minimum absolute atomic E-state index is 0.0964. The first-order chi connectivity index (χ1) is 9.12. The lowest BCUT2D eigenvalue weighted by Gasteiger charge is -2.33. The van der Waals surface area contributed by atoms with Gasteiger partial charge in [0.15, 0.2) is 0 Å². The van der Waals surface area contributed by atoms with Gasteiger partial charge < -0.3 is 15.2 Å². The number of rotatable bonds is 5. The lowest BCUT2D eigenvalue weighted by atomic mass is 9.80. The fourth-order valence-electron chi connectivity index (χ4n) is 2.09. The van der Waals surface area contributed by atoms with Gasteiger partial charge in [-0.1, -0.05) is 0 Å². The molecule has 7 nitrogen and oxygen atoms in total. The molecule has 1 aromatic heterocycles. The van der Waals surface area contributed by atoms with E-state index in [0.717, 1.165) is 0 Å². The number of aliphatic carboxylic acids is 1. The van der Waals surface area contributed by atoms with Gasteiger partial charge in [0.2, 0.25) is 5.91 Å². The van der Waals surface area contributed by atoms with E-state index < -0.39 is 11.4 Å². The van der Waals surface area contributed by atoms with Gasteiger partial charge >= 0.3 is 5.97 Å². The monoisotopic (exact) mass is 267 g/mol. The van der Waals surface area contributed by atoms with Crippen molar-refractivity contribution in [2.75, 3.05) is 19.8 Å². The van der Waals surface area contributed by atoms with Crippen LogP contribution in [-0.2, 0) is 20.9 Å². The summed E-state index contributed by atoms with van der Waals surface area (Å²) in [4.78, 5) is 23.1. The molecule has 19 heavy (non-hydrogen) atoms. The highest BCUT2D eigenvalue weighted by Gasteiger charge is 2.40. The SMILES string of the molecule is O=C(Cn1cccn1)NCC1(C(=O)O)CCOCC1. The predicted octanol–water partition coefficient (Wildman–Crippen LogP) is -0.119. The Morgan fingerprint density at radius 3 is 2.74 bits per heavy atom. The molecule has 0 saturated carbocycles. The number of carbonyl (C=O) groups excluding carboxylic acids is 1. The van der Waals surface area contributed by atoms with Gasteiger partial charge in [0, 0.05) is 32.2 Å². The van der Waals surface area contributed by atoms with E-state index in [1.165, 1.54) is 4.68 Å². The van der Waals surface area contributed by atoms with Crippen molar-refractivity contribution in [3.63, 3.8) is 0 Å². The molecule has 0 bridgehead atoms. The average molecular weight is 267 g/mol. The molecule has 0 spiro atoms. The molecule has 1 aliphatic rings. The largest absolute Gasteiger partial charge is 0.481 e. The molecular formula is C12H17N3O4. The smallest absolute Gasteiger partial charge is 0.311 e. The van der Waals surface area contributed by atoms with Crippen LogP contribution in [0.25, 0.3) is 0 Å². The summed E-state index contributed by atoms with van der Waals surface area (Å²) in [6.45, 7) is 1.06. The number of carboxylic acids is 1. The number of hydrogen-bond acceptors (Lipinski definition) is 4. The third-order valence-corrected chi connectivity index (χ3v) is 3.39. The van der Waals surface area contributed by atoms with Crippen molar-refractivity contribution in [3.8, 4) is 0 Å². The van der Waals surface area contributed by atoms with Gasteiger partial charge in [-0.15, -0.1) is 0 Å². The highest BCUT2D eigenvalue weighted by molar-refractivity contribution is 5.79. The Labute approximate surface area is 110 Å². The molecule has 1 saturated heterocycles. The van der Waals surface area contributed by atoms with Gasteiger partial charge in [-0.05, 0) is 18.9 Å². The molecule has 0 aliphatic carbocycles. The molecule has 2 N–H and O–H groups in total. The van der Waals surface area contributed by atoms with Crippen molar-refractivity contribution >= 4 is 11.9 Å². The fourth-order valence-corrected chi connectivity index (χ4v) is 2.09. The number of hydrogen-bond donors (Lipinski definition) is 2. The number of ether oxygens (including phenoxy) is 1. The Bertz CT molecular complexity index is 438. The first-order valence-electron chi connectivity index (χ1n) is 6.18. The van der Waals surface area contributed by atoms with Crippen molar-refractivity contribution in [3.05, 3.63) is 18.5 Å². The molecule has 104 valence electrons. The van der Waals surface area contributed by atoms with Crippen LogP contribution < -0.4 is 5.32 Å². The van der Waals surface area contributed by atoms with Crippen LogP contribution in [0.4, 0.5) is 0 Å². The summed E-state index contributed by atoms with van der Waals surface area (Å²) in [6, 6.07) is 1.73. The summed E-state index contributed by atoms with van der Waals surface area (Å²) < 4.78 is 6.67. The summed E-state index contributed by atoms with van der Waals surface area (Å²) in [5.74, 6) is -1.12. The molecule has 0 atom stereocenters. The molecule has 0 unspecified atom stereocenters. The Hall–Kier alpha value is -1.89. The predicted molar refractivity (Wildman–Crippen MR) is 65.4 cm³/mol. The standard InChI is InChI=1S/C12H17N3O4/c16-10(8-15-5-1-4-14-15)13-9-12(11(17)18)2-6-19-7-3-12/h1,4-5H,2-3,6-9H2,(H,13,16)(H,17,18). The first-order valence-corrected chi connectivity index (χ1v) is 6.18. The number of aromatic nitrogens is 2. The summed E-state index contributed by atoms with van der Waals surface area (Å²) in [7, 11) is 0.